The van der Waals surface area contributed by atoms with Crippen molar-refractivity contribution in [3.8, 4) is 11.8 Å². The summed E-state index contributed by atoms with van der Waals surface area (Å²) in [4.78, 5) is 0.885. The summed E-state index contributed by atoms with van der Waals surface area (Å²) in [6.45, 7) is 2.49. The first-order valence-electron chi connectivity index (χ1n) is 7.82. The lowest BCUT2D eigenvalue weighted by Gasteiger charge is -2.09. The van der Waals surface area contributed by atoms with Gasteiger partial charge >= 0.3 is 0 Å². The Morgan fingerprint density at radius 2 is 1.88 bits per heavy atom. The molecule has 124 valence electrons. The molecule has 0 amide bonds. The lowest BCUT2D eigenvalue weighted by Crippen LogP contribution is -1.95. The Balaban J connectivity index is 2.13. The van der Waals surface area contributed by atoms with Gasteiger partial charge in [-0.05, 0) is 24.6 Å². The maximum absolute atomic E-state index is 9.64. The average molecular weight is 348 g/mol. The van der Waals surface area contributed by atoms with Gasteiger partial charge in [0.2, 0.25) is 0 Å². The summed E-state index contributed by atoms with van der Waals surface area (Å²) in [5.74, 6) is 0.764. The van der Waals surface area contributed by atoms with E-state index < -0.39 is 0 Å². The molecular weight excluding hydrogens is 332 g/mol. The van der Waals surface area contributed by atoms with E-state index in [1.165, 1.54) is 11.8 Å². The topological polar surface area (TPSA) is 65.6 Å². The fourth-order valence-electron chi connectivity index (χ4n) is 2.60. The standard InChI is InChI=1S/C20H16N2O2S/c1-2-24-18-11-7-6-10-15(18)19-12-16(20(22-23)25-19)17(13-21)14-8-4-3-5-9-14/h3-12,23H,2H2,1H3/b17-16+,22-20-. The van der Waals surface area contributed by atoms with Crippen LogP contribution in [0.2, 0.25) is 0 Å². The molecule has 0 fully saturated rings. The Kier molecular flexibility index (Phi) is 5.22. The second-order valence-corrected chi connectivity index (χ2v) is 6.24. The molecule has 0 aliphatic carbocycles. The molecular formula is C20H16N2O2S. The van der Waals surface area contributed by atoms with Gasteiger partial charge in [-0.3, -0.25) is 0 Å². The first kappa shape index (κ1) is 16.9. The number of para-hydroxylation sites is 1. The van der Waals surface area contributed by atoms with Gasteiger partial charge in [-0.2, -0.15) is 5.26 Å². The van der Waals surface area contributed by atoms with Crippen LogP contribution in [0.1, 0.15) is 18.1 Å². The molecule has 2 aromatic carbocycles. The number of rotatable bonds is 4. The molecule has 0 aromatic heterocycles. The van der Waals surface area contributed by atoms with Crippen molar-refractivity contribution in [1.29, 1.82) is 5.26 Å². The predicted molar refractivity (Wildman–Crippen MR) is 101 cm³/mol. The zero-order valence-electron chi connectivity index (χ0n) is 13.6. The highest BCUT2D eigenvalue weighted by molar-refractivity contribution is 8.22. The van der Waals surface area contributed by atoms with Gasteiger partial charge in [0, 0.05) is 16.0 Å². The van der Waals surface area contributed by atoms with Crippen molar-refractivity contribution in [3.05, 3.63) is 77.4 Å². The Bertz CT molecular complexity index is 909. The second kappa shape index (κ2) is 7.73. The average Bonchev–Trinajstić information content (AvgIpc) is 3.08. The summed E-state index contributed by atoms with van der Waals surface area (Å²) in [6, 6.07) is 19.3. The van der Waals surface area contributed by atoms with E-state index in [-0.39, 0.29) is 0 Å². The van der Waals surface area contributed by atoms with Crippen LogP contribution < -0.4 is 4.74 Å². The van der Waals surface area contributed by atoms with E-state index in [1.54, 1.807) is 0 Å². The zero-order valence-corrected chi connectivity index (χ0v) is 14.5. The van der Waals surface area contributed by atoms with Crippen molar-refractivity contribution in [3.63, 3.8) is 0 Å². The summed E-state index contributed by atoms with van der Waals surface area (Å²) in [6.07, 6.45) is 1.88. The molecule has 1 heterocycles. The van der Waals surface area contributed by atoms with E-state index in [0.717, 1.165) is 21.8 Å². The number of nitriles is 1. The van der Waals surface area contributed by atoms with Crippen LogP contribution in [0.4, 0.5) is 0 Å². The minimum Gasteiger partial charge on any atom is -0.493 e. The first-order valence-corrected chi connectivity index (χ1v) is 8.64. The summed E-state index contributed by atoms with van der Waals surface area (Å²) in [5, 5.41) is 22.9. The number of ether oxygens (including phenoxy) is 1. The lowest BCUT2D eigenvalue weighted by molar-refractivity contribution is 0.321. The Labute approximate surface area is 150 Å². The summed E-state index contributed by atoms with van der Waals surface area (Å²) >= 11 is 1.32. The number of nitrogens with zero attached hydrogens (tertiary/aromatic N) is 2. The number of allylic oxidation sites excluding steroid dienone is 2. The van der Waals surface area contributed by atoms with Crippen molar-refractivity contribution in [1.82, 2.24) is 0 Å². The van der Waals surface area contributed by atoms with E-state index >= 15 is 0 Å². The highest BCUT2D eigenvalue weighted by Crippen LogP contribution is 2.44. The Hall–Kier alpha value is -2.97. The maximum atomic E-state index is 9.64. The SMILES string of the molecule is CCOc1ccccc1C1=CC(=C(/C#N)c2ccccc2)/C(=N/O)S1. The molecule has 1 N–H and O–H groups in total. The van der Waals surface area contributed by atoms with Crippen LogP contribution in [0.5, 0.6) is 5.75 Å². The van der Waals surface area contributed by atoms with Crippen molar-refractivity contribution in [2.75, 3.05) is 6.61 Å². The molecule has 4 nitrogen and oxygen atoms in total. The van der Waals surface area contributed by atoms with Gasteiger partial charge in [0.15, 0.2) is 0 Å². The number of hydrogen-bond acceptors (Lipinski definition) is 5. The van der Waals surface area contributed by atoms with Gasteiger partial charge < -0.3 is 9.94 Å². The molecule has 0 bridgehead atoms. The third-order valence-electron chi connectivity index (χ3n) is 3.70. The van der Waals surface area contributed by atoms with E-state index in [1.807, 2.05) is 67.6 Å². The molecule has 1 aliphatic heterocycles. The molecule has 25 heavy (non-hydrogen) atoms. The highest BCUT2D eigenvalue weighted by atomic mass is 32.2. The van der Waals surface area contributed by atoms with Crippen LogP contribution in [0.25, 0.3) is 10.5 Å². The molecule has 0 atom stereocenters. The van der Waals surface area contributed by atoms with Crippen LogP contribution >= 0.6 is 11.8 Å². The fourth-order valence-corrected chi connectivity index (χ4v) is 3.58. The third-order valence-corrected chi connectivity index (χ3v) is 4.75. The summed E-state index contributed by atoms with van der Waals surface area (Å²) in [5.41, 5.74) is 2.79. The number of thioether (sulfide) groups is 1. The Morgan fingerprint density at radius 1 is 1.16 bits per heavy atom. The lowest BCUT2D eigenvalue weighted by atomic mass is 10.0. The highest BCUT2D eigenvalue weighted by Gasteiger charge is 2.25. The molecule has 0 saturated heterocycles. The summed E-state index contributed by atoms with van der Waals surface area (Å²) < 4.78 is 5.69. The smallest absolute Gasteiger partial charge is 0.149 e. The van der Waals surface area contributed by atoms with Crippen molar-refractivity contribution < 1.29 is 9.94 Å². The monoisotopic (exact) mass is 348 g/mol. The van der Waals surface area contributed by atoms with Gasteiger partial charge in [-0.25, -0.2) is 0 Å². The number of benzene rings is 2. The van der Waals surface area contributed by atoms with E-state index in [4.69, 9.17) is 4.74 Å². The molecule has 0 radical (unpaired) electrons. The number of oxime groups is 1. The number of hydrogen-bond donors (Lipinski definition) is 1. The van der Waals surface area contributed by atoms with Crippen LogP contribution in [0, 0.1) is 11.3 Å². The second-order valence-electron chi connectivity index (χ2n) is 5.21. The van der Waals surface area contributed by atoms with Gasteiger partial charge in [0.05, 0.1) is 12.2 Å². The van der Waals surface area contributed by atoms with Gasteiger partial charge in [0.25, 0.3) is 0 Å². The third kappa shape index (κ3) is 3.44. The van der Waals surface area contributed by atoms with E-state index in [9.17, 15) is 10.5 Å². The maximum Gasteiger partial charge on any atom is 0.149 e. The van der Waals surface area contributed by atoms with Gasteiger partial charge in [0.1, 0.15) is 16.9 Å². The zero-order chi connectivity index (χ0) is 17.6. The minimum atomic E-state index is 0.404. The van der Waals surface area contributed by atoms with Crippen molar-refractivity contribution in [2.24, 2.45) is 5.16 Å². The van der Waals surface area contributed by atoms with Crippen molar-refractivity contribution >= 4 is 27.3 Å². The van der Waals surface area contributed by atoms with E-state index in [2.05, 4.69) is 11.2 Å². The predicted octanol–water partition coefficient (Wildman–Crippen LogP) is 4.94. The van der Waals surface area contributed by atoms with Crippen LogP contribution in [0.15, 0.2) is 71.4 Å². The van der Waals surface area contributed by atoms with Crippen LogP contribution in [0.3, 0.4) is 0 Å². The van der Waals surface area contributed by atoms with E-state index in [0.29, 0.717) is 22.8 Å². The van der Waals surface area contributed by atoms with Crippen LogP contribution in [-0.2, 0) is 0 Å². The van der Waals surface area contributed by atoms with Crippen LogP contribution in [-0.4, -0.2) is 16.9 Å². The Morgan fingerprint density at radius 3 is 2.56 bits per heavy atom. The molecule has 0 saturated carbocycles. The summed E-state index contributed by atoms with van der Waals surface area (Å²) in [7, 11) is 0. The first-order chi connectivity index (χ1) is 12.3. The quantitative estimate of drug-likeness (QED) is 0.483. The molecule has 5 heteroatoms. The van der Waals surface area contributed by atoms with Crippen molar-refractivity contribution in [2.45, 2.75) is 6.92 Å². The molecule has 0 unspecified atom stereocenters. The molecule has 0 spiro atoms. The largest absolute Gasteiger partial charge is 0.493 e. The minimum absolute atomic E-state index is 0.404. The molecule has 2 aromatic rings. The van der Waals surface area contributed by atoms with Gasteiger partial charge in [-0.15, -0.1) is 0 Å². The fraction of sp³-hybridized carbons (Fsp3) is 0.100. The molecule has 3 rings (SSSR count). The molecule has 1 aliphatic rings. The van der Waals surface area contributed by atoms with Gasteiger partial charge in [-0.1, -0.05) is 65.4 Å². The normalized spacial score (nSPS) is 17.1.